The highest BCUT2D eigenvalue weighted by Crippen LogP contribution is 2.18. The molecule has 1 aromatic carbocycles. The van der Waals surface area contributed by atoms with Crippen LogP contribution < -0.4 is 15.2 Å². The lowest BCUT2D eigenvalue weighted by molar-refractivity contribution is 0.346. The third-order valence-electron chi connectivity index (χ3n) is 1.77. The second-order valence-corrected chi connectivity index (χ2v) is 2.92. The molecule has 0 saturated heterocycles. The summed E-state index contributed by atoms with van der Waals surface area (Å²) in [5.41, 5.74) is 6.26. The summed E-state index contributed by atoms with van der Waals surface area (Å²) in [5.74, 6) is 1.54. The molecule has 1 aromatic rings. The minimum absolute atomic E-state index is 0.448. The number of methoxy groups -OCH3 is 1. The maximum absolute atomic E-state index is 5.44. The number of benzene rings is 1. The SMILES string of the molecule is C=C(CN)COc1cccc(OC)c1. The van der Waals surface area contributed by atoms with Gasteiger partial charge in [-0.05, 0) is 17.7 Å². The van der Waals surface area contributed by atoms with E-state index < -0.39 is 0 Å². The van der Waals surface area contributed by atoms with E-state index in [4.69, 9.17) is 15.2 Å². The molecular weight excluding hydrogens is 178 g/mol. The minimum atomic E-state index is 0.448. The zero-order valence-corrected chi connectivity index (χ0v) is 8.32. The van der Waals surface area contributed by atoms with Crippen molar-refractivity contribution in [2.45, 2.75) is 0 Å². The number of hydrogen-bond donors (Lipinski definition) is 1. The van der Waals surface area contributed by atoms with Gasteiger partial charge in [0, 0.05) is 12.6 Å². The Bertz CT molecular complexity index is 310. The van der Waals surface area contributed by atoms with Crippen LogP contribution in [0.2, 0.25) is 0 Å². The van der Waals surface area contributed by atoms with Gasteiger partial charge in [-0.2, -0.15) is 0 Å². The molecule has 0 saturated carbocycles. The molecule has 0 bridgehead atoms. The molecule has 0 amide bonds. The first-order valence-corrected chi connectivity index (χ1v) is 4.40. The van der Waals surface area contributed by atoms with Crippen LogP contribution in [-0.2, 0) is 0 Å². The fourth-order valence-corrected chi connectivity index (χ4v) is 0.935. The lowest BCUT2D eigenvalue weighted by atomic mass is 10.3. The predicted molar refractivity (Wildman–Crippen MR) is 56.7 cm³/mol. The van der Waals surface area contributed by atoms with Crippen LogP contribution in [0.15, 0.2) is 36.4 Å². The summed E-state index contributed by atoms with van der Waals surface area (Å²) in [5, 5.41) is 0. The summed E-state index contributed by atoms with van der Waals surface area (Å²) < 4.78 is 10.5. The van der Waals surface area contributed by atoms with Crippen molar-refractivity contribution in [1.82, 2.24) is 0 Å². The second kappa shape index (κ2) is 5.29. The third kappa shape index (κ3) is 3.11. The van der Waals surface area contributed by atoms with Gasteiger partial charge in [-0.25, -0.2) is 0 Å². The van der Waals surface area contributed by atoms with Crippen LogP contribution in [0.3, 0.4) is 0 Å². The first-order chi connectivity index (χ1) is 6.76. The predicted octanol–water partition coefficient (Wildman–Crippen LogP) is 1.59. The van der Waals surface area contributed by atoms with E-state index in [1.807, 2.05) is 24.3 Å². The Balaban J connectivity index is 2.54. The van der Waals surface area contributed by atoms with Gasteiger partial charge < -0.3 is 15.2 Å². The van der Waals surface area contributed by atoms with Crippen molar-refractivity contribution in [3.8, 4) is 11.5 Å². The van der Waals surface area contributed by atoms with Crippen LogP contribution in [0.1, 0.15) is 0 Å². The Labute approximate surface area is 84.1 Å². The molecule has 76 valence electrons. The van der Waals surface area contributed by atoms with Gasteiger partial charge in [0.15, 0.2) is 0 Å². The zero-order chi connectivity index (χ0) is 10.4. The van der Waals surface area contributed by atoms with E-state index in [2.05, 4.69) is 6.58 Å². The molecule has 0 atom stereocenters. The standard InChI is InChI=1S/C11H15NO2/c1-9(7-12)8-14-11-5-3-4-10(6-11)13-2/h3-6H,1,7-8,12H2,2H3. The molecule has 14 heavy (non-hydrogen) atoms. The molecule has 0 heterocycles. The first-order valence-electron chi connectivity index (χ1n) is 4.40. The van der Waals surface area contributed by atoms with Crippen LogP contribution in [0.25, 0.3) is 0 Å². The highest BCUT2D eigenvalue weighted by Gasteiger charge is 1.97. The van der Waals surface area contributed by atoms with Crippen molar-refractivity contribution in [2.75, 3.05) is 20.3 Å². The molecule has 0 unspecified atom stereocenters. The molecule has 0 aliphatic rings. The van der Waals surface area contributed by atoms with Crippen LogP contribution in [0.4, 0.5) is 0 Å². The molecule has 2 N–H and O–H groups in total. The van der Waals surface area contributed by atoms with Gasteiger partial charge in [-0.15, -0.1) is 0 Å². The monoisotopic (exact) mass is 193 g/mol. The lowest BCUT2D eigenvalue weighted by Crippen LogP contribution is -2.09. The van der Waals surface area contributed by atoms with Gasteiger partial charge >= 0.3 is 0 Å². The van der Waals surface area contributed by atoms with Crippen molar-refractivity contribution < 1.29 is 9.47 Å². The Morgan fingerprint density at radius 3 is 2.79 bits per heavy atom. The number of hydrogen-bond acceptors (Lipinski definition) is 3. The van der Waals surface area contributed by atoms with Crippen molar-refractivity contribution in [3.05, 3.63) is 36.4 Å². The smallest absolute Gasteiger partial charge is 0.123 e. The lowest BCUT2D eigenvalue weighted by Gasteiger charge is -2.08. The van der Waals surface area contributed by atoms with E-state index in [-0.39, 0.29) is 0 Å². The molecule has 0 aromatic heterocycles. The molecule has 0 radical (unpaired) electrons. The topological polar surface area (TPSA) is 44.5 Å². The number of nitrogens with two attached hydrogens (primary N) is 1. The van der Waals surface area contributed by atoms with Crippen molar-refractivity contribution >= 4 is 0 Å². The van der Waals surface area contributed by atoms with Crippen LogP contribution in [0, 0.1) is 0 Å². The minimum Gasteiger partial charge on any atom is -0.497 e. The van der Waals surface area contributed by atoms with Gasteiger partial charge in [0.25, 0.3) is 0 Å². The van der Waals surface area contributed by atoms with Gasteiger partial charge in [-0.3, -0.25) is 0 Å². The zero-order valence-electron chi connectivity index (χ0n) is 8.32. The van der Waals surface area contributed by atoms with Gasteiger partial charge in [0.1, 0.15) is 18.1 Å². The van der Waals surface area contributed by atoms with Crippen molar-refractivity contribution in [1.29, 1.82) is 0 Å². The van der Waals surface area contributed by atoms with Gasteiger partial charge in [-0.1, -0.05) is 12.6 Å². The molecule has 1 rings (SSSR count). The average Bonchev–Trinajstić information content (AvgIpc) is 2.26. The van der Waals surface area contributed by atoms with Crippen molar-refractivity contribution in [2.24, 2.45) is 5.73 Å². The van der Waals surface area contributed by atoms with E-state index in [0.717, 1.165) is 17.1 Å². The second-order valence-electron chi connectivity index (χ2n) is 2.92. The molecule has 3 heteroatoms. The summed E-state index contributed by atoms with van der Waals surface area (Å²) in [6, 6.07) is 7.43. The molecular formula is C11H15NO2. The Morgan fingerprint density at radius 2 is 2.14 bits per heavy atom. The maximum Gasteiger partial charge on any atom is 0.123 e. The summed E-state index contributed by atoms with van der Waals surface area (Å²) in [6.45, 7) is 4.65. The highest BCUT2D eigenvalue weighted by atomic mass is 16.5. The quantitative estimate of drug-likeness (QED) is 0.722. The van der Waals surface area contributed by atoms with Crippen LogP contribution in [0.5, 0.6) is 11.5 Å². The highest BCUT2D eigenvalue weighted by molar-refractivity contribution is 5.33. The summed E-state index contributed by atoms with van der Waals surface area (Å²) >= 11 is 0. The third-order valence-corrected chi connectivity index (χ3v) is 1.77. The molecule has 0 aliphatic carbocycles. The Morgan fingerprint density at radius 1 is 1.43 bits per heavy atom. The van der Waals surface area contributed by atoms with E-state index in [1.54, 1.807) is 7.11 Å². The fourth-order valence-electron chi connectivity index (χ4n) is 0.935. The Hall–Kier alpha value is -1.48. The van der Waals surface area contributed by atoms with E-state index in [9.17, 15) is 0 Å². The average molecular weight is 193 g/mol. The number of rotatable bonds is 5. The normalized spacial score (nSPS) is 9.57. The first kappa shape index (κ1) is 10.6. The van der Waals surface area contributed by atoms with Crippen LogP contribution >= 0.6 is 0 Å². The largest absolute Gasteiger partial charge is 0.497 e. The summed E-state index contributed by atoms with van der Waals surface area (Å²) in [7, 11) is 1.62. The van der Waals surface area contributed by atoms with E-state index >= 15 is 0 Å². The summed E-state index contributed by atoms with van der Waals surface area (Å²) in [4.78, 5) is 0. The van der Waals surface area contributed by atoms with E-state index in [0.29, 0.717) is 13.2 Å². The van der Waals surface area contributed by atoms with Crippen LogP contribution in [-0.4, -0.2) is 20.3 Å². The molecule has 3 nitrogen and oxygen atoms in total. The number of ether oxygens (including phenoxy) is 2. The molecule has 0 fully saturated rings. The fraction of sp³-hybridized carbons (Fsp3) is 0.273. The summed E-state index contributed by atoms with van der Waals surface area (Å²) in [6.07, 6.45) is 0. The van der Waals surface area contributed by atoms with E-state index in [1.165, 1.54) is 0 Å². The Kier molecular flexibility index (Phi) is 4.01. The molecule has 0 spiro atoms. The van der Waals surface area contributed by atoms with Crippen molar-refractivity contribution in [3.63, 3.8) is 0 Å². The molecule has 0 aliphatic heterocycles. The van der Waals surface area contributed by atoms with Gasteiger partial charge in [0.2, 0.25) is 0 Å². The van der Waals surface area contributed by atoms with Gasteiger partial charge in [0.05, 0.1) is 7.11 Å². The maximum atomic E-state index is 5.44.